The molecule has 0 fully saturated rings. The number of fused-ring (bicyclic) bond motifs is 1. The zero-order chi connectivity index (χ0) is 20.3. The summed E-state index contributed by atoms with van der Waals surface area (Å²) in [7, 11) is 1.93. The first-order valence-electron chi connectivity index (χ1n) is 9.58. The molecule has 9 heteroatoms. The molecule has 8 nitrogen and oxygen atoms in total. The fraction of sp³-hybridized carbons (Fsp3) is 0.238. The Bertz CT molecular complexity index is 1160. The van der Waals surface area contributed by atoms with Gasteiger partial charge >= 0.3 is 0 Å². The van der Waals surface area contributed by atoms with Crippen LogP contribution in [-0.4, -0.2) is 38.1 Å². The Labute approximate surface area is 177 Å². The highest BCUT2D eigenvalue weighted by atomic mass is 32.2. The minimum absolute atomic E-state index is 0.507. The first-order valence-corrected chi connectivity index (χ1v) is 10.6. The molecule has 0 saturated carbocycles. The van der Waals surface area contributed by atoms with E-state index in [-0.39, 0.29) is 0 Å². The molecule has 0 aliphatic carbocycles. The van der Waals surface area contributed by atoms with Gasteiger partial charge in [0.1, 0.15) is 0 Å². The normalized spacial score (nSPS) is 13.2. The molecule has 3 heterocycles. The predicted molar refractivity (Wildman–Crippen MR) is 111 cm³/mol. The van der Waals surface area contributed by atoms with E-state index in [1.54, 1.807) is 0 Å². The topological polar surface area (TPSA) is 88.1 Å². The third-order valence-corrected chi connectivity index (χ3v) is 5.67. The number of aromatic nitrogens is 5. The van der Waals surface area contributed by atoms with E-state index in [2.05, 4.69) is 20.3 Å². The van der Waals surface area contributed by atoms with Gasteiger partial charge in [0.2, 0.25) is 11.7 Å². The predicted octanol–water partition coefficient (Wildman–Crippen LogP) is 3.99. The van der Waals surface area contributed by atoms with Gasteiger partial charge < -0.3 is 18.6 Å². The first-order chi connectivity index (χ1) is 14.8. The fourth-order valence-electron chi connectivity index (χ4n) is 3.14. The monoisotopic (exact) mass is 421 g/mol. The van der Waals surface area contributed by atoms with Crippen molar-refractivity contribution in [3.8, 4) is 34.3 Å². The number of ether oxygens (including phenoxy) is 2. The molecular weight excluding hydrogens is 402 g/mol. The van der Waals surface area contributed by atoms with Crippen LogP contribution in [-0.2, 0) is 12.8 Å². The van der Waals surface area contributed by atoms with Crippen LogP contribution in [0.2, 0.25) is 0 Å². The van der Waals surface area contributed by atoms with Gasteiger partial charge in [0.25, 0.3) is 0 Å². The summed E-state index contributed by atoms with van der Waals surface area (Å²) in [6, 6.07) is 15.6. The van der Waals surface area contributed by atoms with Crippen molar-refractivity contribution >= 4 is 11.8 Å². The maximum Gasteiger partial charge on any atom is 0.237 e. The number of thioether (sulfide) groups is 1. The van der Waals surface area contributed by atoms with E-state index in [1.807, 2.05) is 60.1 Å². The molecule has 0 atom stereocenters. The number of hydrogen-bond donors (Lipinski definition) is 0. The highest BCUT2D eigenvalue weighted by Crippen LogP contribution is 2.34. The summed E-state index contributed by atoms with van der Waals surface area (Å²) in [5.74, 6) is 3.88. The molecule has 2 aromatic carbocycles. The molecule has 4 aromatic rings. The van der Waals surface area contributed by atoms with E-state index < -0.39 is 0 Å². The SMILES string of the molecule is Cn1c(SCc2nc(-c3ccccc3)no2)nnc1-c1ccc2c(c1)OCCCO2. The van der Waals surface area contributed by atoms with Crippen LogP contribution < -0.4 is 9.47 Å². The number of benzene rings is 2. The number of rotatable bonds is 5. The van der Waals surface area contributed by atoms with E-state index in [9.17, 15) is 0 Å². The van der Waals surface area contributed by atoms with Gasteiger partial charge in [0.15, 0.2) is 22.5 Å². The third kappa shape index (κ3) is 3.76. The van der Waals surface area contributed by atoms with Crippen molar-refractivity contribution in [2.45, 2.75) is 17.3 Å². The van der Waals surface area contributed by atoms with Crippen LogP contribution in [0.1, 0.15) is 12.3 Å². The lowest BCUT2D eigenvalue weighted by Crippen LogP contribution is -1.97. The van der Waals surface area contributed by atoms with Crippen LogP contribution in [0, 0.1) is 0 Å². The molecule has 1 aliphatic heterocycles. The Morgan fingerprint density at radius 2 is 1.80 bits per heavy atom. The summed E-state index contributed by atoms with van der Waals surface area (Å²) in [5, 5.41) is 13.5. The summed E-state index contributed by atoms with van der Waals surface area (Å²) in [4.78, 5) is 4.46. The second-order valence-electron chi connectivity index (χ2n) is 6.74. The lowest BCUT2D eigenvalue weighted by molar-refractivity contribution is 0.297. The molecule has 1 aliphatic rings. The van der Waals surface area contributed by atoms with Crippen molar-refractivity contribution < 1.29 is 14.0 Å². The highest BCUT2D eigenvalue weighted by Gasteiger charge is 2.17. The number of nitrogens with zero attached hydrogens (tertiary/aromatic N) is 5. The number of hydrogen-bond acceptors (Lipinski definition) is 8. The molecule has 0 spiro atoms. The smallest absolute Gasteiger partial charge is 0.237 e. The second kappa shape index (κ2) is 8.19. The summed E-state index contributed by atoms with van der Waals surface area (Å²) >= 11 is 1.49. The fourth-order valence-corrected chi connectivity index (χ4v) is 3.89. The van der Waals surface area contributed by atoms with Gasteiger partial charge in [-0.2, -0.15) is 4.98 Å². The quantitative estimate of drug-likeness (QED) is 0.447. The van der Waals surface area contributed by atoms with Gasteiger partial charge in [-0.25, -0.2) is 0 Å². The molecule has 0 radical (unpaired) electrons. The van der Waals surface area contributed by atoms with E-state index in [1.165, 1.54) is 11.8 Å². The van der Waals surface area contributed by atoms with Crippen LogP contribution in [0.25, 0.3) is 22.8 Å². The largest absolute Gasteiger partial charge is 0.490 e. The molecule has 0 N–H and O–H groups in total. The molecular formula is C21H19N5O3S. The summed E-state index contributed by atoms with van der Waals surface area (Å²) in [6.07, 6.45) is 0.871. The molecule has 30 heavy (non-hydrogen) atoms. The zero-order valence-corrected chi connectivity index (χ0v) is 17.1. The second-order valence-corrected chi connectivity index (χ2v) is 7.69. The van der Waals surface area contributed by atoms with Crippen LogP contribution >= 0.6 is 11.8 Å². The Balaban J connectivity index is 1.31. The van der Waals surface area contributed by atoms with Gasteiger partial charge in [0, 0.05) is 24.6 Å². The minimum atomic E-state index is 0.507. The Morgan fingerprint density at radius 3 is 2.67 bits per heavy atom. The molecule has 152 valence electrons. The van der Waals surface area contributed by atoms with Gasteiger partial charge in [-0.05, 0) is 18.2 Å². The van der Waals surface area contributed by atoms with Crippen molar-refractivity contribution in [1.82, 2.24) is 24.9 Å². The molecule has 0 unspecified atom stereocenters. The van der Waals surface area contributed by atoms with Crippen LogP contribution in [0.15, 0.2) is 58.2 Å². The highest BCUT2D eigenvalue weighted by molar-refractivity contribution is 7.98. The standard InChI is InChI=1S/C21H19N5O3S/c1-26-20(15-8-9-16-17(12-15)28-11-5-10-27-16)23-24-21(26)30-13-18-22-19(25-29-18)14-6-3-2-4-7-14/h2-4,6-9,12H,5,10-11,13H2,1H3. The van der Waals surface area contributed by atoms with Gasteiger partial charge in [-0.1, -0.05) is 47.3 Å². The van der Waals surface area contributed by atoms with Crippen LogP contribution in [0.3, 0.4) is 0 Å². The van der Waals surface area contributed by atoms with Crippen LogP contribution in [0.5, 0.6) is 11.5 Å². The van der Waals surface area contributed by atoms with Crippen molar-refractivity contribution in [3.63, 3.8) is 0 Å². The van der Waals surface area contributed by atoms with E-state index in [0.29, 0.717) is 30.7 Å². The van der Waals surface area contributed by atoms with E-state index in [4.69, 9.17) is 14.0 Å². The first kappa shape index (κ1) is 18.7. The van der Waals surface area contributed by atoms with E-state index in [0.717, 1.165) is 40.0 Å². The average molecular weight is 421 g/mol. The van der Waals surface area contributed by atoms with E-state index >= 15 is 0 Å². The average Bonchev–Trinajstić information content (AvgIpc) is 3.32. The maximum atomic E-state index is 5.79. The van der Waals surface area contributed by atoms with Crippen molar-refractivity contribution in [3.05, 3.63) is 54.4 Å². The van der Waals surface area contributed by atoms with Crippen molar-refractivity contribution in [2.24, 2.45) is 7.05 Å². The summed E-state index contributed by atoms with van der Waals surface area (Å²) in [5.41, 5.74) is 1.85. The Morgan fingerprint density at radius 1 is 0.967 bits per heavy atom. The zero-order valence-electron chi connectivity index (χ0n) is 16.3. The maximum absolute atomic E-state index is 5.79. The molecule has 0 bridgehead atoms. The third-order valence-electron chi connectivity index (χ3n) is 4.67. The summed E-state index contributed by atoms with van der Waals surface area (Å²) < 4.78 is 18.8. The van der Waals surface area contributed by atoms with Crippen molar-refractivity contribution in [1.29, 1.82) is 0 Å². The molecule has 0 saturated heterocycles. The van der Waals surface area contributed by atoms with Crippen LogP contribution in [0.4, 0.5) is 0 Å². The minimum Gasteiger partial charge on any atom is -0.490 e. The van der Waals surface area contributed by atoms with Gasteiger partial charge in [-0.3, -0.25) is 0 Å². The lowest BCUT2D eigenvalue weighted by atomic mass is 10.2. The molecule has 2 aromatic heterocycles. The lowest BCUT2D eigenvalue weighted by Gasteiger charge is -2.09. The van der Waals surface area contributed by atoms with Gasteiger partial charge in [-0.15, -0.1) is 10.2 Å². The Hall–Kier alpha value is -3.33. The Kier molecular flexibility index (Phi) is 5.10. The van der Waals surface area contributed by atoms with Gasteiger partial charge in [0.05, 0.1) is 19.0 Å². The molecule has 5 rings (SSSR count). The van der Waals surface area contributed by atoms with Crippen molar-refractivity contribution in [2.75, 3.05) is 13.2 Å². The molecule has 0 amide bonds. The summed E-state index contributed by atoms with van der Waals surface area (Å²) in [6.45, 7) is 1.31.